The Hall–Kier alpha value is -0.0500. The van der Waals surface area contributed by atoms with E-state index >= 15 is 0 Å². The van der Waals surface area contributed by atoms with Gasteiger partial charge in [-0.3, -0.25) is 4.57 Å². The van der Waals surface area contributed by atoms with Gasteiger partial charge in [-0.1, -0.05) is 29.3 Å². The third-order valence-electron chi connectivity index (χ3n) is 1.80. The first-order valence-electron chi connectivity index (χ1n) is 3.83. The van der Waals surface area contributed by atoms with E-state index < -0.39 is 13.2 Å². The van der Waals surface area contributed by atoms with Gasteiger partial charge < -0.3 is 10.6 Å². The molecule has 0 aromatic heterocycles. The van der Waals surface area contributed by atoms with Crippen molar-refractivity contribution >= 4 is 30.6 Å². The molecule has 1 aromatic rings. The van der Waals surface area contributed by atoms with Crippen LogP contribution in [0.5, 0.6) is 0 Å². The van der Waals surface area contributed by atoms with E-state index in [0.29, 0.717) is 15.6 Å². The van der Waals surface area contributed by atoms with Crippen molar-refractivity contribution in [1.29, 1.82) is 0 Å². The summed E-state index contributed by atoms with van der Waals surface area (Å²) in [6, 6.07) is 4.63. The third kappa shape index (κ3) is 2.72. The molecule has 0 aliphatic heterocycles. The highest BCUT2D eigenvalue weighted by atomic mass is 35.5. The van der Waals surface area contributed by atoms with Gasteiger partial charge in [0.05, 0.1) is 0 Å². The Kier molecular flexibility index (Phi) is 3.62. The van der Waals surface area contributed by atoms with E-state index in [4.69, 9.17) is 28.9 Å². The molecule has 0 aliphatic carbocycles. The van der Waals surface area contributed by atoms with Gasteiger partial charge in [-0.25, -0.2) is 0 Å². The van der Waals surface area contributed by atoms with Crippen LogP contribution in [0.3, 0.4) is 0 Å². The van der Waals surface area contributed by atoms with Crippen LogP contribution >= 0.6 is 30.6 Å². The number of nitrogens with two attached hydrogens (primary N) is 1. The minimum absolute atomic E-state index is 0.307. The van der Waals surface area contributed by atoms with Gasteiger partial charge in [0.25, 0.3) is 0 Å². The van der Waals surface area contributed by atoms with Crippen LogP contribution in [-0.2, 0) is 4.57 Å². The average Bonchev–Trinajstić information content (AvgIpc) is 2.01. The largest absolute Gasteiger partial charge is 0.343 e. The van der Waals surface area contributed by atoms with Crippen molar-refractivity contribution in [2.75, 3.05) is 6.66 Å². The molecule has 0 radical (unpaired) electrons. The lowest BCUT2D eigenvalue weighted by Crippen LogP contribution is -2.10. The molecule has 14 heavy (non-hydrogen) atoms. The lowest BCUT2D eigenvalue weighted by atomic mass is 10.2. The van der Waals surface area contributed by atoms with Crippen LogP contribution in [0.15, 0.2) is 18.2 Å². The third-order valence-corrected chi connectivity index (χ3v) is 3.67. The summed E-state index contributed by atoms with van der Waals surface area (Å²) in [4.78, 5) is 9.27. The smallest absolute Gasteiger partial charge is 0.218 e. The molecule has 0 saturated heterocycles. The fraction of sp³-hybridized carbons (Fsp3) is 0.250. The molecule has 2 unspecified atom stereocenters. The quantitative estimate of drug-likeness (QED) is 0.797. The zero-order valence-corrected chi connectivity index (χ0v) is 9.85. The molecule has 0 fully saturated rings. The summed E-state index contributed by atoms with van der Waals surface area (Å²) >= 11 is 11.5. The monoisotopic (exact) mass is 253 g/mol. The highest BCUT2D eigenvalue weighted by molar-refractivity contribution is 7.57. The topological polar surface area (TPSA) is 63.3 Å². The van der Waals surface area contributed by atoms with Gasteiger partial charge in [-0.15, -0.1) is 0 Å². The molecule has 1 rings (SSSR count). The van der Waals surface area contributed by atoms with Crippen molar-refractivity contribution in [3.8, 4) is 0 Å². The fourth-order valence-electron chi connectivity index (χ4n) is 0.999. The predicted molar refractivity (Wildman–Crippen MR) is 59.1 cm³/mol. The van der Waals surface area contributed by atoms with E-state index in [9.17, 15) is 9.46 Å². The lowest BCUT2D eigenvalue weighted by Gasteiger charge is -2.16. The molecule has 0 amide bonds. The Morgan fingerprint density at radius 3 is 2.50 bits per heavy atom. The van der Waals surface area contributed by atoms with Gasteiger partial charge in [0.1, 0.15) is 5.78 Å². The van der Waals surface area contributed by atoms with Crippen molar-refractivity contribution in [2.24, 2.45) is 5.73 Å². The number of halogens is 2. The number of rotatable bonds is 2. The standard InChI is InChI=1S/C8H10Cl2NO2P/c1-14(12,13)8(11)6-3-2-5(9)4-7(6)10/h2-4,8H,11H2,1H3,(H,12,13). The minimum Gasteiger partial charge on any atom is -0.343 e. The second-order valence-electron chi connectivity index (χ2n) is 3.05. The Morgan fingerprint density at radius 2 is 2.07 bits per heavy atom. The van der Waals surface area contributed by atoms with Crippen molar-refractivity contribution < 1.29 is 9.46 Å². The van der Waals surface area contributed by atoms with Crippen LogP contribution in [0.25, 0.3) is 0 Å². The van der Waals surface area contributed by atoms with Crippen LogP contribution in [0, 0.1) is 0 Å². The molecule has 6 heteroatoms. The molecule has 0 aliphatic rings. The van der Waals surface area contributed by atoms with Crippen LogP contribution in [0.4, 0.5) is 0 Å². The lowest BCUT2D eigenvalue weighted by molar-refractivity contribution is 0.472. The Bertz CT molecular complexity index is 391. The van der Waals surface area contributed by atoms with E-state index in [2.05, 4.69) is 0 Å². The first-order valence-corrected chi connectivity index (χ1v) is 6.76. The molecule has 0 bridgehead atoms. The summed E-state index contributed by atoms with van der Waals surface area (Å²) in [5, 5.41) is 0.774. The van der Waals surface area contributed by atoms with E-state index in [-0.39, 0.29) is 0 Å². The van der Waals surface area contributed by atoms with Gasteiger partial charge >= 0.3 is 0 Å². The first-order chi connectivity index (χ1) is 6.32. The Balaban J connectivity index is 3.14. The summed E-state index contributed by atoms with van der Waals surface area (Å²) in [6.07, 6.45) is 0. The van der Waals surface area contributed by atoms with Crippen LogP contribution in [-0.4, -0.2) is 11.6 Å². The van der Waals surface area contributed by atoms with E-state index in [1.807, 2.05) is 0 Å². The van der Waals surface area contributed by atoms with Crippen LogP contribution in [0.1, 0.15) is 11.3 Å². The molecule has 0 spiro atoms. The highest BCUT2D eigenvalue weighted by Crippen LogP contribution is 2.50. The zero-order chi connectivity index (χ0) is 10.9. The summed E-state index contributed by atoms with van der Waals surface area (Å²) in [6.45, 7) is 1.20. The second-order valence-corrected chi connectivity index (χ2v) is 6.34. The number of hydrogen-bond donors (Lipinski definition) is 2. The average molecular weight is 254 g/mol. The van der Waals surface area contributed by atoms with E-state index in [1.165, 1.54) is 12.7 Å². The van der Waals surface area contributed by atoms with Gasteiger partial charge in [-0.05, 0) is 17.7 Å². The molecule has 2 atom stereocenters. The van der Waals surface area contributed by atoms with E-state index in [0.717, 1.165) is 0 Å². The first kappa shape index (κ1) is 12.0. The van der Waals surface area contributed by atoms with Gasteiger partial charge in [0, 0.05) is 16.7 Å². The number of hydrogen-bond acceptors (Lipinski definition) is 2. The highest BCUT2D eigenvalue weighted by Gasteiger charge is 2.25. The van der Waals surface area contributed by atoms with Crippen LogP contribution in [0.2, 0.25) is 10.0 Å². The molecule has 0 heterocycles. The van der Waals surface area contributed by atoms with Crippen molar-refractivity contribution in [3.05, 3.63) is 33.8 Å². The maximum atomic E-state index is 11.3. The van der Waals surface area contributed by atoms with Crippen molar-refractivity contribution in [2.45, 2.75) is 5.78 Å². The number of benzene rings is 1. The molecular formula is C8H10Cl2NO2P. The predicted octanol–water partition coefficient (Wildman–Crippen LogP) is 2.85. The molecular weight excluding hydrogens is 244 g/mol. The van der Waals surface area contributed by atoms with Gasteiger partial charge in [0.15, 0.2) is 0 Å². The SMILES string of the molecule is CP(=O)(O)C(N)c1ccc(Cl)cc1Cl. The van der Waals surface area contributed by atoms with Crippen LogP contribution < -0.4 is 5.73 Å². The van der Waals surface area contributed by atoms with E-state index in [1.54, 1.807) is 12.1 Å². The summed E-state index contributed by atoms with van der Waals surface area (Å²) in [5.74, 6) is -0.965. The zero-order valence-electron chi connectivity index (χ0n) is 7.45. The van der Waals surface area contributed by atoms with Gasteiger partial charge in [-0.2, -0.15) is 0 Å². The molecule has 3 N–H and O–H groups in total. The molecule has 3 nitrogen and oxygen atoms in total. The minimum atomic E-state index is -3.37. The molecule has 0 saturated carbocycles. The molecule has 1 aromatic carbocycles. The maximum absolute atomic E-state index is 11.3. The normalized spacial score (nSPS) is 17.5. The maximum Gasteiger partial charge on any atom is 0.218 e. The second kappa shape index (κ2) is 4.21. The fourth-order valence-corrected chi connectivity index (χ4v) is 2.34. The van der Waals surface area contributed by atoms with Crippen molar-refractivity contribution in [1.82, 2.24) is 0 Å². The molecule has 78 valence electrons. The Labute approximate surface area is 92.3 Å². The van der Waals surface area contributed by atoms with Gasteiger partial charge in [0.2, 0.25) is 7.37 Å². The summed E-state index contributed by atoms with van der Waals surface area (Å²) in [7, 11) is -3.37. The van der Waals surface area contributed by atoms with Crippen molar-refractivity contribution in [3.63, 3.8) is 0 Å². The summed E-state index contributed by atoms with van der Waals surface area (Å²) in [5.41, 5.74) is 6.02. The summed E-state index contributed by atoms with van der Waals surface area (Å²) < 4.78 is 11.3. The Morgan fingerprint density at radius 1 is 1.50 bits per heavy atom.